The molecule has 15 heavy (non-hydrogen) atoms. The second kappa shape index (κ2) is 2.79. The van der Waals surface area contributed by atoms with Crippen LogP contribution in [0.25, 0.3) is 0 Å². The molecule has 3 heteroatoms. The third kappa shape index (κ3) is 1.22. The first-order chi connectivity index (χ1) is 7.40. The van der Waals surface area contributed by atoms with Crippen molar-refractivity contribution in [2.24, 2.45) is 0 Å². The fraction of sp³-hybridized carbons (Fsp3) is 0.667. The largest absolute Gasteiger partial charge is 0.307 e. The quantitative estimate of drug-likeness (QED) is 0.751. The van der Waals surface area contributed by atoms with Gasteiger partial charge in [0.05, 0.1) is 5.69 Å². The fourth-order valence-electron chi connectivity index (χ4n) is 2.89. The van der Waals surface area contributed by atoms with Crippen LogP contribution >= 0.6 is 0 Å². The molecule has 1 aliphatic carbocycles. The Bertz CT molecular complexity index is 411. The number of fused-ring (bicyclic) bond motifs is 4. The number of hydrogen-bond donors (Lipinski definition) is 1. The van der Waals surface area contributed by atoms with Crippen LogP contribution in [0.4, 0.5) is 0 Å². The zero-order valence-corrected chi connectivity index (χ0v) is 8.74. The molecule has 0 amide bonds. The van der Waals surface area contributed by atoms with E-state index in [2.05, 4.69) is 16.5 Å². The van der Waals surface area contributed by atoms with Crippen molar-refractivity contribution in [2.45, 2.75) is 50.1 Å². The molecule has 3 heterocycles. The van der Waals surface area contributed by atoms with Crippen molar-refractivity contribution < 1.29 is 0 Å². The summed E-state index contributed by atoms with van der Waals surface area (Å²) in [5.41, 5.74) is 2.70. The molecule has 1 saturated heterocycles. The van der Waals surface area contributed by atoms with Crippen molar-refractivity contribution >= 4 is 0 Å². The molecule has 1 aromatic rings. The minimum absolute atomic E-state index is 0.548. The number of aromatic nitrogens is 2. The zero-order chi connectivity index (χ0) is 9.83. The van der Waals surface area contributed by atoms with Crippen molar-refractivity contribution in [1.29, 1.82) is 0 Å². The molecule has 1 aromatic heterocycles. The second-order valence-corrected chi connectivity index (χ2v) is 5.10. The first-order valence-electron chi connectivity index (χ1n) is 6.02. The maximum atomic E-state index is 4.77. The standard InChI is InChI=1S/C12H15N3/c1-2-7(1)12-13-6-9-10-4-3-8(14-10)5-11(9)15-12/h6-8,10,14H,1-5H2. The van der Waals surface area contributed by atoms with E-state index in [-0.39, 0.29) is 0 Å². The van der Waals surface area contributed by atoms with Gasteiger partial charge in [-0.2, -0.15) is 0 Å². The van der Waals surface area contributed by atoms with Crippen molar-refractivity contribution in [3.8, 4) is 0 Å². The summed E-state index contributed by atoms with van der Waals surface area (Å²) in [5, 5.41) is 3.63. The Morgan fingerprint density at radius 1 is 1.20 bits per heavy atom. The molecule has 2 unspecified atom stereocenters. The third-order valence-corrected chi connectivity index (χ3v) is 3.92. The van der Waals surface area contributed by atoms with E-state index in [4.69, 9.17) is 4.98 Å². The lowest BCUT2D eigenvalue weighted by atomic mass is 10.0. The Hall–Kier alpha value is -0.960. The minimum atomic E-state index is 0.548. The molecule has 2 bridgehead atoms. The van der Waals surface area contributed by atoms with E-state index in [1.54, 1.807) is 0 Å². The Morgan fingerprint density at radius 2 is 2.13 bits per heavy atom. The van der Waals surface area contributed by atoms with Gasteiger partial charge in [0.15, 0.2) is 0 Å². The molecule has 3 nitrogen and oxygen atoms in total. The first-order valence-corrected chi connectivity index (χ1v) is 6.02. The van der Waals surface area contributed by atoms with Crippen LogP contribution in [-0.4, -0.2) is 16.0 Å². The lowest BCUT2D eigenvalue weighted by Gasteiger charge is -2.23. The second-order valence-electron chi connectivity index (χ2n) is 5.10. The van der Waals surface area contributed by atoms with Crippen LogP contribution < -0.4 is 5.32 Å². The monoisotopic (exact) mass is 201 g/mol. The summed E-state index contributed by atoms with van der Waals surface area (Å²) in [7, 11) is 0. The number of nitrogens with one attached hydrogen (secondary N) is 1. The van der Waals surface area contributed by atoms with E-state index >= 15 is 0 Å². The van der Waals surface area contributed by atoms with Crippen molar-refractivity contribution in [3.05, 3.63) is 23.3 Å². The molecule has 3 aliphatic rings. The summed E-state index contributed by atoms with van der Waals surface area (Å²) in [5.74, 6) is 1.79. The normalized spacial score (nSPS) is 32.8. The average molecular weight is 201 g/mol. The molecule has 2 aliphatic heterocycles. The number of rotatable bonds is 1. The van der Waals surface area contributed by atoms with Gasteiger partial charge in [0.2, 0.25) is 0 Å². The van der Waals surface area contributed by atoms with Gasteiger partial charge in [-0.25, -0.2) is 9.97 Å². The SMILES string of the molecule is c1nc(C2CC2)nc2c1C1CCC(C2)N1. The smallest absolute Gasteiger partial charge is 0.131 e. The molecular weight excluding hydrogens is 186 g/mol. The van der Waals surface area contributed by atoms with E-state index in [1.165, 1.54) is 36.9 Å². The zero-order valence-electron chi connectivity index (χ0n) is 8.74. The Morgan fingerprint density at radius 3 is 3.00 bits per heavy atom. The molecule has 2 fully saturated rings. The van der Waals surface area contributed by atoms with Crippen molar-refractivity contribution in [2.75, 3.05) is 0 Å². The molecule has 78 valence electrons. The highest BCUT2D eigenvalue weighted by Crippen LogP contribution is 2.40. The van der Waals surface area contributed by atoms with Crippen molar-refractivity contribution in [3.63, 3.8) is 0 Å². The predicted molar refractivity (Wildman–Crippen MR) is 56.6 cm³/mol. The van der Waals surface area contributed by atoms with Gasteiger partial charge in [0.25, 0.3) is 0 Å². The summed E-state index contributed by atoms with van der Waals surface area (Å²) in [6, 6.07) is 1.23. The maximum Gasteiger partial charge on any atom is 0.131 e. The maximum absolute atomic E-state index is 4.77. The van der Waals surface area contributed by atoms with Crippen molar-refractivity contribution in [1.82, 2.24) is 15.3 Å². The molecule has 4 rings (SSSR count). The summed E-state index contributed by atoms with van der Waals surface area (Å²) in [4.78, 5) is 9.28. The van der Waals surface area contributed by atoms with Gasteiger partial charge in [0, 0.05) is 36.2 Å². The summed E-state index contributed by atoms with van der Waals surface area (Å²) < 4.78 is 0. The predicted octanol–water partition coefficient (Wildman–Crippen LogP) is 1.70. The van der Waals surface area contributed by atoms with Crippen LogP contribution in [-0.2, 0) is 6.42 Å². The molecular formula is C12H15N3. The van der Waals surface area contributed by atoms with Gasteiger partial charge in [-0.15, -0.1) is 0 Å². The molecule has 0 aromatic carbocycles. The average Bonchev–Trinajstić information content (AvgIpc) is 3.04. The van der Waals surface area contributed by atoms with Crippen LogP contribution in [0, 0.1) is 0 Å². The summed E-state index contributed by atoms with van der Waals surface area (Å²) in [6.45, 7) is 0. The Kier molecular flexibility index (Phi) is 1.53. The molecule has 2 atom stereocenters. The lowest BCUT2D eigenvalue weighted by molar-refractivity contribution is 0.501. The fourth-order valence-corrected chi connectivity index (χ4v) is 2.89. The Balaban J connectivity index is 1.79. The van der Waals surface area contributed by atoms with Gasteiger partial charge < -0.3 is 5.32 Å². The van der Waals surface area contributed by atoms with Crippen LogP contribution in [0.5, 0.6) is 0 Å². The highest BCUT2D eigenvalue weighted by molar-refractivity contribution is 5.29. The topological polar surface area (TPSA) is 37.8 Å². The summed E-state index contributed by atoms with van der Waals surface area (Å²) >= 11 is 0. The van der Waals surface area contributed by atoms with Gasteiger partial charge >= 0.3 is 0 Å². The minimum Gasteiger partial charge on any atom is -0.307 e. The molecule has 1 N–H and O–H groups in total. The Labute approximate surface area is 89.3 Å². The molecule has 0 spiro atoms. The van der Waals surface area contributed by atoms with Crippen LogP contribution in [0.3, 0.4) is 0 Å². The van der Waals surface area contributed by atoms with E-state index in [0.29, 0.717) is 18.0 Å². The third-order valence-electron chi connectivity index (χ3n) is 3.92. The van der Waals surface area contributed by atoms with E-state index < -0.39 is 0 Å². The van der Waals surface area contributed by atoms with E-state index in [1.807, 2.05) is 0 Å². The molecule has 1 saturated carbocycles. The van der Waals surface area contributed by atoms with Gasteiger partial charge in [-0.3, -0.25) is 0 Å². The first kappa shape index (κ1) is 8.22. The van der Waals surface area contributed by atoms with Gasteiger partial charge in [-0.1, -0.05) is 0 Å². The number of hydrogen-bond acceptors (Lipinski definition) is 3. The molecule has 0 radical (unpaired) electrons. The van der Waals surface area contributed by atoms with Gasteiger partial charge in [-0.05, 0) is 25.7 Å². The van der Waals surface area contributed by atoms with E-state index in [0.717, 1.165) is 12.2 Å². The van der Waals surface area contributed by atoms with Crippen LogP contribution in [0.15, 0.2) is 6.20 Å². The van der Waals surface area contributed by atoms with E-state index in [9.17, 15) is 0 Å². The highest BCUT2D eigenvalue weighted by atomic mass is 15.0. The lowest BCUT2D eigenvalue weighted by Crippen LogP contribution is -2.32. The number of nitrogens with zero attached hydrogens (tertiary/aromatic N) is 2. The highest BCUT2D eigenvalue weighted by Gasteiger charge is 2.34. The van der Waals surface area contributed by atoms with Crippen LogP contribution in [0.2, 0.25) is 0 Å². The van der Waals surface area contributed by atoms with Gasteiger partial charge in [0.1, 0.15) is 5.82 Å². The summed E-state index contributed by atoms with van der Waals surface area (Å²) in [6.07, 6.45) is 8.36. The van der Waals surface area contributed by atoms with Crippen LogP contribution in [0.1, 0.15) is 54.7 Å².